The van der Waals surface area contributed by atoms with Crippen LogP contribution in [0.25, 0.3) is 32.9 Å². The van der Waals surface area contributed by atoms with E-state index in [0.717, 1.165) is 108 Å². The number of phenolic OH excluding ortho intramolecular Hbond substituents is 1. The Morgan fingerprint density at radius 1 is 0.835 bits per heavy atom. The second kappa shape index (κ2) is 22.0. The van der Waals surface area contributed by atoms with Crippen molar-refractivity contribution >= 4 is 57.0 Å². The molecule has 0 aliphatic carbocycles. The Labute approximate surface area is 457 Å². The minimum Gasteiger partial charge on any atom is -0.508 e. The highest BCUT2D eigenvalue weighted by Gasteiger charge is 2.46. The number of ether oxygens (including phenoxy) is 4. The van der Waals surface area contributed by atoms with E-state index in [2.05, 4.69) is 26.1 Å². The van der Waals surface area contributed by atoms with Crippen molar-refractivity contribution < 1.29 is 52.0 Å². The molecule has 0 saturated carbocycles. The molecule has 79 heavy (non-hydrogen) atoms. The monoisotopic (exact) mass is 1090 g/mol. The summed E-state index contributed by atoms with van der Waals surface area (Å²) in [6.07, 6.45) is 11.3. The minimum absolute atomic E-state index is 0.0143. The second-order valence-corrected chi connectivity index (χ2v) is 22.5. The van der Waals surface area contributed by atoms with Gasteiger partial charge in [-0.25, -0.2) is 18.6 Å². The largest absolute Gasteiger partial charge is 0.508 e. The first-order valence-electron chi connectivity index (χ1n) is 28.5. The molecular weight excluding hydrogens is 1020 g/mol. The van der Waals surface area contributed by atoms with E-state index in [1.54, 1.807) is 21.9 Å². The lowest BCUT2D eigenvalue weighted by molar-refractivity contribution is -0.136. The Balaban J connectivity index is 0.000000162. The first-order chi connectivity index (χ1) is 38.4. The number of aryl methyl sites for hydroxylation is 2. The molecule has 5 aromatic rings. The predicted octanol–water partition coefficient (Wildman–Crippen LogP) is 7.60. The van der Waals surface area contributed by atoms with E-state index < -0.39 is 11.9 Å². The van der Waals surface area contributed by atoms with Gasteiger partial charge in [-0.05, 0) is 155 Å². The average molecular weight is 1090 g/mol. The third-order valence-corrected chi connectivity index (χ3v) is 17.9. The predicted molar refractivity (Wildman–Crippen MR) is 290 cm³/mol. The Morgan fingerprint density at radius 3 is 2.35 bits per heavy atom. The van der Waals surface area contributed by atoms with Crippen LogP contribution >= 0.6 is 0 Å². The molecule has 18 nitrogen and oxygen atoms in total. The number of amides is 4. The molecule has 0 bridgehead atoms. The van der Waals surface area contributed by atoms with E-state index in [-0.39, 0.29) is 82.8 Å². The first-order valence-corrected chi connectivity index (χ1v) is 28.5. The maximum atomic E-state index is 17.0. The van der Waals surface area contributed by atoms with Crippen molar-refractivity contribution in [3.8, 4) is 23.0 Å². The number of fused-ring (bicyclic) bond motifs is 5. The number of carbonyl (C=O) groups is 4. The molecular formula is C59H69F2N9O9. The van der Waals surface area contributed by atoms with E-state index in [1.165, 1.54) is 19.2 Å². The Hall–Kier alpha value is -6.77. The molecule has 0 spiro atoms. The molecule has 6 fully saturated rings. The summed E-state index contributed by atoms with van der Waals surface area (Å²) in [5.74, 6) is -1.21. The highest BCUT2D eigenvalue weighted by Crippen LogP contribution is 2.44. The van der Waals surface area contributed by atoms with Crippen molar-refractivity contribution in [2.24, 2.45) is 0 Å². The van der Waals surface area contributed by atoms with E-state index in [4.69, 9.17) is 33.9 Å². The molecule has 3 aromatic carbocycles. The van der Waals surface area contributed by atoms with Gasteiger partial charge in [-0.1, -0.05) is 13.0 Å². The normalized spacial score (nSPS) is 22.5. The van der Waals surface area contributed by atoms with Crippen LogP contribution in [0.4, 0.5) is 25.1 Å². The highest BCUT2D eigenvalue weighted by molar-refractivity contribution is 6.06. The molecule has 13 rings (SSSR count). The number of benzene rings is 3. The zero-order chi connectivity index (χ0) is 54.5. The van der Waals surface area contributed by atoms with Gasteiger partial charge in [0.05, 0.1) is 48.6 Å². The average Bonchev–Trinajstić information content (AvgIpc) is 4.16. The molecule has 10 heterocycles. The van der Waals surface area contributed by atoms with Gasteiger partial charge in [0, 0.05) is 69.1 Å². The van der Waals surface area contributed by atoms with Crippen LogP contribution in [0.15, 0.2) is 42.5 Å². The Morgan fingerprint density at radius 2 is 1.61 bits per heavy atom. The number of pyridine rings is 1. The van der Waals surface area contributed by atoms with Gasteiger partial charge in [-0.3, -0.25) is 24.6 Å². The molecule has 2 aromatic heterocycles. The number of imide groups is 1. The van der Waals surface area contributed by atoms with Gasteiger partial charge >= 0.3 is 12.1 Å². The van der Waals surface area contributed by atoms with Crippen LogP contribution < -0.4 is 19.9 Å². The van der Waals surface area contributed by atoms with Gasteiger partial charge in [-0.15, -0.1) is 0 Å². The summed E-state index contributed by atoms with van der Waals surface area (Å²) in [6.45, 7) is 9.90. The fourth-order valence-electron chi connectivity index (χ4n) is 13.8. The van der Waals surface area contributed by atoms with Crippen LogP contribution in [0.5, 0.6) is 11.8 Å². The van der Waals surface area contributed by atoms with Gasteiger partial charge in [-0.2, -0.15) is 9.97 Å². The SMILES string of the molecule is CCc1c(F)ccc2cc(O)cc(-c3nc4c5c(nc(OCC67CCCN6CCC7)nc5c3F)N3CCCOCC3CC4)c12.COC(=O)N1CCC(OC2CCN(c3ccc4c(c3)CN(C3CCC(=O)NC3=O)C4=O)CC2)CC1. The highest BCUT2D eigenvalue weighted by atomic mass is 19.1. The van der Waals surface area contributed by atoms with Crippen molar-refractivity contribution in [3.63, 3.8) is 0 Å². The number of aromatic nitrogens is 3. The number of piperidine rings is 3. The number of aromatic hydroxyl groups is 1. The third-order valence-electron chi connectivity index (χ3n) is 17.9. The molecule has 4 amide bonds. The van der Waals surface area contributed by atoms with Crippen molar-refractivity contribution in [2.45, 2.75) is 133 Å². The maximum absolute atomic E-state index is 17.0. The molecule has 20 heteroatoms. The number of methoxy groups -OCH3 is 1. The summed E-state index contributed by atoms with van der Waals surface area (Å²) >= 11 is 0. The van der Waals surface area contributed by atoms with Gasteiger partial charge < -0.3 is 43.7 Å². The van der Waals surface area contributed by atoms with Crippen molar-refractivity contribution in [1.29, 1.82) is 0 Å². The van der Waals surface area contributed by atoms with Gasteiger partial charge in [0.2, 0.25) is 11.8 Å². The number of nitrogens with zero attached hydrogens (tertiary/aromatic N) is 8. The molecule has 2 N–H and O–H groups in total. The summed E-state index contributed by atoms with van der Waals surface area (Å²) in [4.78, 5) is 73.3. The topological polar surface area (TPSA) is 192 Å². The number of halogens is 2. The van der Waals surface area contributed by atoms with Crippen LogP contribution in [0.1, 0.15) is 111 Å². The van der Waals surface area contributed by atoms with Crippen LogP contribution in [0, 0.1) is 11.6 Å². The molecule has 418 valence electrons. The summed E-state index contributed by atoms with van der Waals surface area (Å²) in [5, 5.41) is 14.8. The molecule has 2 unspecified atom stereocenters. The van der Waals surface area contributed by atoms with Crippen LogP contribution in [-0.2, 0) is 43.2 Å². The van der Waals surface area contributed by atoms with Crippen molar-refractivity contribution in [3.05, 3.63) is 76.5 Å². The van der Waals surface area contributed by atoms with E-state index in [1.807, 2.05) is 19.1 Å². The minimum atomic E-state index is -0.624. The van der Waals surface area contributed by atoms with Crippen molar-refractivity contribution in [1.82, 2.24) is 35.0 Å². The standard InChI is InChI=1S/C34H37F2N5O3.C25H32N4O6/c1-2-23-25(35)8-6-20-16-22(42)17-24(27(20)23)30-29(36)31-28-26(37-30)9-7-21-18-43-15-5-14-41(21)32(28)39-33(38-31)44-19-34-10-3-12-40(34)13-4-11-34;1-34-25(33)28-12-8-19(9-13-28)35-18-6-10-27(11-7-18)17-2-3-20-16(14-17)15-29(24(20)32)21-4-5-22(30)26-23(21)31/h6,8,16-17,21,42H,2-5,7,9-15,18-19H2,1H3;2-3,14,18-19,21H,4-13,15H2,1H3,(H,26,30,31). The van der Waals surface area contributed by atoms with Crippen LogP contribution in [0.3, 0.4) is 0 Å². The molecule has 0 radical (unpaired) electrons. The fourth-order valence-corrected chi connectivity index (χ4v) is 13.8. The molecule has 8 aliphatic rings. The summed E-state index contributed by atoms with van der Waals surface area (Å²) in [5.41, 5.74) is 4.31. The lowest BCUT2D eigenvalue weighted by Crippen LogP contribution is -2.52. The van der Waals surface area contributed by atoms with E-state index >= 15 is 8.78 Å². The Kier molecular flexibility index (Phi) is 14.8. The maximum Gasteiger partial charge on any atom is 0.409 e. The number of rotatable bonds is 9. The lowest BCUT2D eigenvalue weighted by atomic mass is 9.94. The summed E-state index contributed by atoms with van der Waals surface area (Å²) in [7, 11) is 1.41. The zero-order valence-corrected chi connectivity index (χ0v) is 45.1. The molecule has 8 aliphatic heterocycles. The van der Waals surface area contributed by atoms with E-state index in [0.29, 0.717) is 103 Å². The first kappa shape index (κ1) is 52.9. The number of hydrogen-bond acceptors (Lipinski definition) is 15. The number of carbonyl (C=O) groups excluding carboxylic acids is 4. The van der Waals surface area contributed by atoms with E-state index in [9.17, 15) is 24.3 Å². The number of hydrogen-bond donors (Lipinski definition) is 2. The summed E-state index contributed by atoms with van der Waals surface area (Å²) in [6, 6.07) is 11.6. The lowest BCUT2D eigenvalue weighted by Gasteiger charge is -2.37. The molecule has 6 saturated heterocycles. The number of phenols is 1. The van der Waals surface area contributed by atoms with Crippen LogP contribution in [0.2, 0.25) is 0 Å². The quantitative estimate of drug-likeness (QED) is 0.137. The van der Waals surface area contributed by atoms with Crippen LogP contribution in [-0.4, -0.2) is 161 Å². The van der Waals surface area contributed by atoms with Gasteiger partial charge in [0.15, 0.2) is 5.82 Å². The number of likely N-dealkylation sites (tertiary alicyclic amines) is 1. The smallest absolute Gasteiger partial charge is 0.409 e. The van der Waals surface area contributed by atoms with Crippen molar-refractivity contribution in [2.75, 3.05) is 82.5 Å². The number of anilines is 2. The fraction of sp³-hybridized carbons (Fsp3) is 0.542. The molecule has 2 atom stereocenters. The Bertz CT molecular complexity index is 3190. The third kappa shape index (κ3) is 10.2. The van der Waals surface area contributed by atoms with Gasteiger partial charge in [0.25, 0.3) is 5.91 Å². The number of nitrogens with one attached hydrogen (secondary N) is 1. The zero-order valence-electron chi connectivity index (χ0n) is 45.1. The van der Waals surface area contributed by atoms with Gasteiger partial charge in [0.1, 0.15) is 41.2 Å². The second-order valence-electron chi connectivity index (χ2n) is 22.5. The summed E-state index contributed by atoms with van der Waals surface area (Å²) < 4.78 is 55.6.